The van der Waals surface area contributed by atoms with Crippen LogP contribution in [0.3, 0.4) is 0 Å². The third-order valence-corrected chi connectivity index (χ3v) is 2.54. The van der Waals surface area contributed by atoms with Gasteiger partial charge in [-0.3, -0.25) is 19.2 Å². The lowest BCUT2D eigenvalue weighted by Gasteiger charge is -2.07. The van der Waals surface area contributed by atoms with Gasteiger partial charge in [0.15, 0.2) is 0 Å². The molecule has 0 aromatic heterocycles. The largest absolute Gasteiger partial charge is 0.469 e. The minimum absolute atomic E-state index is 0.00315. The van der Waals surface area contributed by atoms with Crippen molar-refractivity contribution >= 4 is 23.9 Å². The van der Waals surface area contributed by atoms with E-state index < -0.39 is 24.1 Å². The molecule has 0 spiro atoms. The Morgan fingerprint density at radius 1 is 0.525 bits per heavy atom. The van der Waals surface area contributed by atoms with Crippen LogP contribution < -0.4 is 0 Å². The van der Waals surface area contributed by atoms with Gasteiger partial charge in [0.2, 0.25) is 0 Å². The first-order valence-corrected chi connectivity index (χ1v) is 12.2. The van der Waals surface area contributed by atoms with Crippen molar-refractivity contribution in [2.45, 2.75) is 67.1 Å². The van der Waals surface area contributed by atoms with Crippen molar-refractivity contribution in [1.29, 1.82) is 0 Å². The molecule has 0 aromatic rings. The third-order valence-electron chi connectivity index (χ3n) is 2.54. The Morgan fingerprint density at radius 3 is 0.825 bits per heavy atom. The maximum Gasteiger partial charge on any atom is 0.302 e. The lowest BCUT2D eigenvalue weighted by molar-refractivity contribution is -0.145. The highest BCUT2D eigenvalue weighted by atomic mass is 16.6. The van der Waals surface area contributed by atoms with Gasteiger partial charge >= 0.3 is 23.9 Å². The van der Waals surface area contributed by atoms with Crippen molar-refractivity contribution in [1.82, 2.24) is 0 Å². The van der Waals surface area contributed by atoms with E-state index in [9.17, 15) is 19.2 Å². The molecule has 0 amide bonds. The van der Waals surface area contributed by atoms with Crippen molar-refractivity contribution in [3.63, 3.8) is 0 Å². The van der Waals surface area contributed by atoms with E-state index in [1.54, 1.807) is 21.3 Å². The molecule has 0 radical (unpaired) electrons. The highest BCUT2D eigenvalue weighted by molar-refractivity contribution is 5.66. The summed E-state index contributed by atoms with van der Waals surface area (Å²) < 4.78 is 35.2. The molecular formula is C26H58O14. The standard InChI is InChI=1S/2C6H12O4.2C3H6O2.C3H8O.C3H8.C2H6O/c2*1-5(7)10-4-6(8)3-9-2;2*1-3(4)5-2;1-3-4-2;2*1-3-2/h2*6,8H,3-4H2,1-2H3;2*1-2H3;3H2,1-2H3;3H2,1-2H3;1-2H3. The van der Waals surface area contributed by atoms with Gasteiger partial charge in [0.1, 0.15) is 25.4 Å². The van der Waals surface area contributed by atoms with E-state index >= 15 is 0 Å². The number of hydrogen-bond donors (Lipinski definition) is 2. The van der Waals surface area contributed by atoms with Crippen molar-refractivity contribution in [2.24, 2.45) is 0 Å². The monoisotopic (exact) mass is 594 g/mol. The molecule has 2 atom stereocenters. The predicted octanol–water partition coefficient (Wildman–Crippen LogP) is 1.80. The predicted molar refractivity (Wildman–Crippen MR) is 151 cm³/mol. The average molecular weight is 595 g/mol. The fourth-order valence-corrected chi connectivity index (χ4v) is 0.908. The molecule has 0 aromatic carbocycles. The van der Waals surface area contributed by atoms with Crippen LogP contribution in [0.1, 0.15) is 54.9 Å². The maximum absolute atomic E-state index is 10.2. The molecule has 2 unspecified atom stereocenters. The van der Waals surface area contributed by atoms with Gasteiger partial charge in [-0.1, -0.05) is 20.3 Å². The van der Waals surface area contributed by atoms with E-state index in [0.29, 0.717) is 0 Å². The minimum Gasteiger partial charge on any atom is -0.469 e. The van der Waals surface area contributed by atoms with E-state index in [1.807, 2.05) is 6.92 Å². The van der Waals surface area contributed by atoms with Gasteiger partial charge in [-0.15, -0.1) is 0 Å². The minimum atomic E-state index is -0.714. The van der Waals surface area contributed by atoms with Crippen molar-refractivity contribution < 1.29 is 67.3 Å². The molecule has 2 N–H and O–H groups in total. The summed E-state index contributed by atoms with van der Waals surface area (Å²) in [5.41, 5.74) is 0. The molecule has 0 aliphatic heterocycles. The van der Waals surface area contributed by atoms with Gasteiger partial charge in [-0.25, -0.2) is 0 Å². The molecule has 14 heteroatoms. The van der Waals surface area contributed by atoms with Gasteiger partial charge in [-0.2, -0.15) is 0 Å². The van der Waals surface area contributed by atoms with Crippen molar-refractivity contribution in [3.05, 3.63) is 0 Å². The average Bonchev–Trinajstić information content (AvgIpc) is 2.88. The van der Waals surface area contributed by atoms with Crippen LogP contribution in [0.2, 0.25) is 0 Å². The number of esters is 4. The summed E-state index contributed by atoms with van der Waals surface area (Å²) in [6.07, 6.45) is -0.178. The first kappa shape index (κ1) is 53.8. The fourth-order valence-electron chi connectivity index (χ4n) is 0.908. The van der Waals surface area contributed by atoms with E-state index in [2.05, 4.69) is 51.7 Å². The van der Waals surface area contributed by atoms with Crippen LogP contribution >= 0.6 is 0 Å². The molecule has 0 heterocycles. The Morgan fingerprint density at radius 2 is 0.725 bits per heavy atom. The summed E-state index contributed by atoms with van der Waals surface area (Å²) in [7, 11) is 10.6. The Kier molecular flexibility index (Phi) is 71.3. The van der Waals surface area contributed by atoms with Crippen LogP contribution in [0.15, 0.2) is 0 Å². The second-order valence-electron chi connectivity index (χ2n) is 6.91. The number of hydrogen-bond acceptors (Lipinski definition) is 14. The molecule has 0 rings (SSSR count). The Bertz CT molecular complexity index is 458. The molecule has 246 valence electrons. The first-order chi connectivity index (χ1) is 18.6. The van der Waals surface area contributed by atoms with Gasteiger partial charge in [-0.05, 0) is 6.92 Å². The smallest absolute Gasteiger partial charge is 0.302 e. The topological polar surface area (TPSA) is 183 Å². The molecule has 0 saturated heterocycles. The molecule has 0 aliphatic rings. The quantitative estimate of drug-likeness (QED) is 0.291. The maximum atomic E-state index is 10.2. The Hall–Kier alpha value is -2.36. The van der Waals surface area contributed by atoms with Crippen LogP contribution in [0.4, 0.5) is 0 Å². The lowest BCUT2D eigenvalue weighted by Crippen LogP contribution is -2.22. The van der Waals surface area contributed by atoms with Crippen LogP contribution in [-0.2, 0) is 57.1 Å². The van der Waals surface area contributed by atoms with Gasteiger partial charge in [0, 0.05) is 69.9 Å². The molecule has 0 saturated carbocycles. The number of aliphatic hydroxyl groups excluding tert-OH is 2. The zero-order chi connectivity index (χ0) is 33.4. The van der Waals surface area contributed by atoms with E-state index in [0.717, 1.165) is 6.61 Å². The summed E-state index contributed by atoms with van der Waals surface area (Å²) in [5.74, 6) is -1.28. The Labute approximate surface area is 241 Å². The molecule has 0 bridgehead atoms. The number of methoxy groups -OCH3 is 6. The van der Waals surface area contributed by atoms with E-state index in [-0.39, 0.29) is 38.4 Å². The molecule has 0 aliphatic carbocycles. The first-order valence-electron chi connectivity index (χ1n) is 12.2. The summed E-state index contributed by atoms with van der Waals surface area (Å²) in [6, 6.07) is 0. The van der Waals surface area contributed by atoms with Gasteiger partial charge < -0.3 is 48.1 Å². The fraction of sp³-hybridized carbons (Fsp3) is 0.846. The van der Waals surface area contributed by atoms with Gasteiger partial charge in [0.25, 0.3) is 0 Å². The van der Waals surface area contributed by atoms with E-state index in [1.165, 1.54) is 62.6 Å². The second-order valence-corrected chi connectivity index (χ2v) is 6.91. The molecule has 14 nitrogen and oxygen atoms in total. The van der Waals surface area contributed by atoms with E-state index in [4.69, 9.17) is 10.2 Å². The Balaban J connectivity index is -0.0000000673. The zero-order valence-corrected chi connectivity index (χ0v) is 27.2. The molecular weight excluding hydrogens is 536 g/mol. The second kappa shape index (κ2) is 53.0. The summed E-state index contributed by atoms with van der Waals surface area (Å²) in [4.78, 5) is 39.5. The summed E-state index contributed by atoms with van der Waals surface area (Å²) >= 11 is 0. The highest BCUT2D eigenvalue weighted by Gasteiger charge is 2.04. The normalized spacial score (nSPS) is 9.70. The van der Waals surface area contributed by atoms with Crippen molar-refractivity contribution in [2.75, 3.05) is 82.8 Å². The van der Waals surface area contributed by atoms with Gasteiger partial charge in [0.05, 0.1) is 27.4 Å². The number of carbonyl (C=O) groups is 4. The number of rotatable bonds is 9. The summed E-state index contributed by atoms with van der Waals surface area (Å²) in [5, 5.41) is 17.8. The van der Waals surface area contributed by atoms with Crippen LogP contribution in [0, 0.1) is 0 Å². The number of ether oxygens (including phenoxy) is 8. The SMILES string of the molecule is CCC.CCOC.COC.COC(C)=O.COC(C)=O.COCC(O)COC(C)=O.COCC(O)COC(C)=O. The lowest BCUT2D eigenvalue weighted by atomic mass is 10.4. The number of aliphatic hydroxyl groups is 2. The highest BCUT2D eigenvalue weighted by Crippen LogP contribution is 1.86. The summed E-state index contributed by atoms with van der Waals surface area (Å²) in [6.45, 7) is 12.7. The molecule has 0 fully saturated rings. The molecule has 40 heavy (non-hydrogen) atoms. The van der Waals surface area contributed by atoms with Crippen LogP contribution in [0.5, 0.6) is 0 Å². The van der Waals surface area contributed by atoms with Crippen LogP contribution in [0.25, 0.3) is 0 Å². The van der Waals surface area contributed by atoms with Crippen LogP contribution in [-0.4, -0.2) is 129 Å². The van der Waals surface area contributed by atoms with Crippen molar-refractivity contribution in [3.8, 4) is 0 Å². The number of carbonyl (C=O) groups excluding carboxylic acids is 4. The third kappa shape index (κ3) is 123. The zero-order valence-electron chi connectivity index (χ0n) is 27.2.